The minimum absolute atomic E-state index is 0.172. The van der Waals surface area contributed by atoms with E-state index >= 15 is 0 Å². The molecule has 0 saturated heterocycles. The second kappa shape index (κ2) is 5.20. The lowest BCUT2D eigenvalue weighted by Gasteiger charge is -2.19. The average molecular weight is 281 g/mol. The van der Waals surface area contributed by atoms with E-state index in [1.54, 1.807) is 0 Å². The minimum atomic E-state index is -1.27. The number of carbonyl (C=O) groups is 1. The number of benzene rings is 1. The lowest BCUT2D eigenvalue weighted by Crippen LogP contribution is -2.29. The second-order valence-electron chi connectivity index (χ2n) is 4.04. The van der Waals surface area contributed by atoms with Gasteiger partial charge in [0.05, 0.1) is 17.6 Å². The van der Waals surface area contributed by atoms with E-state index < -0.39 is 28.9 Å². The first kappa shape index (κ1) is 13.9. The predicted molar refractivity (Wildman–Crippen MR) is 67.7 cm³/mol. The Labute approximate surface area is 112 Å². The van der Waals surface area contributed by atoms with Crippen molar-refractivity contribution in [3.63, 3.8) is 0 Å². The lowest BCUT2D eigenvalue weighted by atomic mass is 10.1. The first-order chi connectivity index (χ1) is 9.41. The van der Waals surface area contributed by atoms with Gasteiger partial charge in [0.15, 0.2) is 0 Å². The van der Waals surface area contributed by atoms with Crippen LogP contribution < -0.4 is 10.6 Å². The molecule has 0 fully saturated rings. The normalized spacial score (nSPS) is 10.4. The lowest BCUT2D eigenvalue weighted by molar-refractivity contribution is 0.0985. The fraction of sp³-hybridized carbons (Fsp3) is 0.0769. The van der Waals surface area contributed by atoms with Crippen molar-refractivity contribution < 1.29 is 18.0 Å². The third kappa shape index (κ3) is 2.42. The van der Waals surface area contributed by atoms with Crippen molar-refractivity contribution >= 4 is 17.3 Å². The van der Waals surface area contributed by atoms with E-state index in [-0.39, 0.29) is 11.4 Å². The Morgan fingerprint density at radius 3 is 2.40 bits per heavy atom. The highest BCUT2D eigenvalue weighted by Crippen LogP contribution is 2.24. The zero-order valence-corrected chi connectivity index (χ0v) is 10.4. The molecule has 1 heterocycles. The number of halogens is 3. The molecule has 0 aliphatic heterocycles. The van der Waals surface area contributed by atoms with Crippen molar-refractivity contribution in [2.45, 2.75) is 0 Å². The Morgan fingerprint density at radius 2 is 1.85 bits per heavy atom. The Bertz CT molecular complexity index is 653. The van der Waals surface area contributed by atoms with Crippen molar-refractivity contribution in [1.29, 1.82) is 0 Å². The maximum absolute atomic E-state index is 13.6. The molecular weight excluding hydrogens is 271 g/mol. The first-order valence-electron chi connectivity index (χ1n) is 5.54. The summed E-state index contributed by atoms with van der Waals surface area (Å²) >= 11 is 0. The van der Waals surface area contributed by atoms with Crippen LogP contribution in [0.15, 0.2) is 30.6 Å². The van der Waals surface area contributed by atoms with E-state index in [0.29, 0.717) is 12.1 Å². The molecule has 0 atom stereocenters. The number of nitrogen functional groups attached to an aromatic ring is 1. The third-order valence-corrected chi connectivity index (χ3v) is 2.71. The number of hydrogen-bond donors (Lipinski definition) is 1. The number of pyridine rings is 1. The molecule has 0 unspecified atom stereocenters. The maximum atomic E-state index is 13.6. The number of hydrogen-bond acceptors (Lipinski definition) is 3. The van der Waals surface area contributed by atoms with Crippen molar-refractivity contribution in [2.24, 2.45) is 0 Å². The van der Waals surface area contributed by atoms with Crippen molar-refractivity contribution in [2.75, 3.05) is 17.7 Å². The molecule has 104 valence electrons. The van der Waals surface area contributed by atoms with Crippen molar-refractivity contribution in [3.05, 3.63) is 53.6 Å². The van der Waals surface area contributed by atoms with Crippen LogP contribution in [0.1, 0.15) is 10.4 Å². The molecule has 4 nitrogen and oxygen atoms in total. The molecule has 0 aliphatic carbocycles. The zero-order chi connectivity index (χ0) is 14.9. The topological polar surface area (TPSA) is 59.2 Å². The summed E-state index contributed by atoms with van der Waals surface area (Å²) in [4.78, 5) is 16.8. The zero-order valence-electron chi connectivity index (χ0n) is 10.4. The van der Waals surface area contributed by atoms with E-state index in [0.717, 1.165) is 4.90 Å². The molecular formula is C13H10F3N3O. The van der Waals surface area contributed by atoms with Crippen LogP contribution in [0.25, 0.3) is 0 Å². The standard InChI is InChI=1S/C13H10F3N3O/c1-19(11-2-3-18-6-10(11)17)13(20)12-8(15)4-7(14)5-9(12)16/h2-6H,17H2,1H3. The number of aromatic nitrogens is 1. The first-order valence-corrected chi connectivity index (χ1v) is 5.54. The van der Waals surface area contributed by atoms with Gasteiger partial charge in [-0.1, -0.05) is 0 Å². The SMILES string of the molecule is CN(C(=O)c1c(F)cc(F)cc1F)c1ccncc1N. The number of nitrogens with two attached hydrogens (primary N) is 1. The molecule has 2 aromatic rings. The average Bonchev–Trinajstić information content (AvgIpc) is 2.37. The summed E-state index contributed by atoms with van der Waals surface area (Å²) in [6.45, 7) is 0. The Hall–Kier alpha value is -2.57. The third-order valence-electron chi connectivity index (χ3n) is 2.71. The highest BCUT2D eigenvalue weighted by molar-refractivity contribution is 6.07. The van der Waals surface area contributed by atoms with Crippen LogP contribution in [0.5, 0.6) is 0 Å². The highest BCUT2D eigenvalue weighted by atomic mass is 19.1. The van der Waals surface area contributed by atoms with Gasteiger partial charge in [0.25, 0.3) is 5.91 Å². The van der Waals surface area contributed by atoms with Gasteiger partial charge in [-0.15, -0.1) is 0 Å². The molecule has 20 heavy (non-hydrogen) atoms. The molecule has 0 aliphatic rings. The molecule has 1 aromatic heterocycles. The summed E-state index contributed by atoms with van der Waals surface area (Å²) in [6, 6.07) is 2.31. The van der Waals surface area contributed by atoms with Gasteiger partial charge in [-0.05, 0) is 6.07 Å². The van der Waals surface area contributed by atoms with Crippen LogP contribution in [-0.4, -0.2) is 17.9 Å². The van der Waals surface area contributed by atoms with Gasteiger partial charge < -0.3 is 10.6 Å². The molecule has 0 radical (unpaired) electrons. The van der Waals surface area contributed by atoms with Gasteiger partial charge in [0, 0.05) is 25.4 Å². The number of rotatable bonds is 2. The van der Waals surface area contributed by atoms with E-state index in [1.807, 2.05) is 0 Å². The molecule has 2 rings (SSSR count). The van der Waals surface area contributed by atoms with Crippen LogP contribution in [0.2, 0.25) is 0 Å². The summed E-state index contributed by atoms with van der Waals surface area (Å²) in [5, 5.41) is 0. The van der Waals surface area contributed by atoms with E-state index in [9.17, 15) is 18.0 Å². The minimum Gasteiger partial charge on any atom is -0.396 e. The van der Waals surface area contributed by atoms with Gasteiger partial charge in [-0.2, -0.15) is 0 Å². The summed E-state index contributed by atoms with van der Waals surface area (Å²) < 4.78 is 40.0. The van der Waals surface area contributed by atoms with Gasteiger partial charge >= 0.3 is 0 Å². The van der Waals surface area contributed by atoms with Gasteiger partial charge in [0.1, 0.15) is 23.0 Å². The predicted octanol–water partition coefficient (Wildman–Crippen LogP) is 2.36. The largest absolute Gasteiger partial charge is 0.396 e. The van der Waals surface area contributed by atoms with Crippen LogP contribution >= 0.6 is 0 Å². The quantitative estimate of drug-likeness (QED) is 0.919. The van der Waals surface area contributed by atoms with E-state index in [4.69, 9.17) is 5.73 Å². The number of anilines is 2. The van der Waals surface area contributed by atoms with Crippen LogP contribution in [0.4, 0.5) is 24.5 Å². The van der Waals surface area contributed by atoms with Crippen LogP contribution in [0.3, 0.4) is 0 Å². The van der Waals surface area contributed by atoms with Crippen LogP contribution in [-0.2, 0) is 0 Å². The Morgan fingerprint density at radius 1 is 1.25 bits per heavy atom. The Balaban J connectivity index is 2.45. The summed E-state index contributed by atoms with van der Waals surface area (Å²) in [6.07, 6.45) is 2.68. The molecule has 1 amide bonds. The molecule has 0 bridgehead atoms. The molecule has 0 saturated carbocycles. The summed E-state index contributed by atoms with van der Waals surface area (Å²) in [5.74, 6) is -4.61. The van der Waals surface area contributed by atoms with Crippen molar-refractivity contribution in [1.82, 2.24) is 4.98 Å². The summed E-state index contributed by atoms with van der Waals surface area (Å²) in [5.41, 5.74) is 5.21. The molecule has 7 heteroatoms. The Kier molecular flexibility index (Phi) is 3.60. The van der Waals surface area contributed by atoms with Gasteiger partial charge in [0.2, 0.25) is 0 Å². The van der Waals surface area contributed by atoms with E-state index in [1.165, 1.54) is 25.5 Å². The number of amides is 1. The summed E-state index contributed by atoms with van der Waals surface area (Å²) in [7, 11) is 1.30. The maximum Gasteiger partial charge on any atom is 0.264 e. The van der Waals surface area contributed by atoms with Crippen LogP contribution in [0, 0.1) is 17.5 Å². The van der Waals surface area contributed by atoms with E-state index in [2.05, 4.69) is 4.98 Å². The number of nitrogens with zero attached hydrogens (tertiary/aromatic N) is 2. The molecule has 1 aromatic carbocycles. The second-order valence-corrected chi connectivity index (χ2v) is 4.04. The van der Waals surface area contributed by atoms with Crippen molar-refractivity contribution in [3.8, 4) is 0 Å². The fourth-order valence-electron chi connectivity index (χ4n) is 1.73. The molecule has 2 N–H and O–H groups in total. The fourth-order valence-corrected chi connectivity index (χ4v) is 1.73. The highest BCUT2D eigenvalue weighted by Gasteiger charge is 2.23. The monoisotopic (exact) mass is 281 g/mol. The van der Waals surface area contributed by atoms with Gasteiger partial charge in [-0.25, -0.2) is 13.2 Å². The smallest absolute Gasteiger partial charge is 0.264 e. The molecule has 0 spiro atoms. The number of carbonyl (C=O) groups excluding carboxylic acids is 1. The van der Waals surface area contributed by atoms with Gasteiger partial charge in [-0.3, -0.25) is 9.78 Å².